The maximum Gasteiger partial charge on any atom is 0.0589 e. The Morgan fingerprint density at radius 1 is 1.60 bits per heavy atom. The molecule has 0 unspecified atom stereocenters. The van der Waals surface area contributed by atoms with E-state index in [2.05, 4.69) is 11.8 Å². The molecule has 1 heterocycles. The van der Waals surface area contributed by atoms with Crippen molar-refractivity contribution in [2.45, 2.75) is 12.5 Å². The van der Waals surface area contributed by atoms with Gasteiger partial charge in [-0.3, -0.25) is 4.90 Å². The molecule has 0 aromatic carbocycles. The topological polar surface area (TPSA) is 38.5 Å². The number of nitrogens with zero attached hydrogens (tertiary/aromatic N) is 1. The van der Waals surface area contributed by atoms with Gasteiger partial charge in [-0.2, -0.15) is 0 Å². The van der Waals surface area contributed by atoms with Gasteiger partial charge in [-0.15, -0.1) is 0 Å². The zero-order chi connectivity index (χ0) is 7.61. The smallest absolute Gasteiger partial charge is 0.0589 e. The predicted molar refractivity (Wildman–Crippen MR) is 40.9 cm³/mol. The number of rotatable bonds is 3. The average molecular weight is 144 g/mol. The third-order valence-electron chi connectivity index (χ3n) is 1.78. The van der Waals surface area contributed by atoms with E-state index in [1.54, 1.807) is 7.11 Å². The standard InChI is InChI=1S/C7H16N2O/c1-7(8)5-9(6-7)3-4-10-2/h3-6,8H2,1-2H3. The quantitative estimate of drug-likeness (QED) is 0.589. The Hall–Kier alpha value is -0.120. The predicted octanol–water partition coefficient (Wildman–Crippen LogP) is -0.334. The van der Waals surface area contributed by atoms with Crippen LogP contribution in [0.5, 0.6) is 0 Å². The maximum atomic E-state index is 5.80. The molecule has 0 bridgehead atoms. The van der Waals surface area contributed by atoms with E-state index in [1.165, 1.54) is 0 Å². The number of nitrogens with two attached hydrogens (primary N) is 1. The molecule has 1 fully saturated rings. The van der Waals surface area contributed by atoms with Crippen molar-refractivity contribution in [1.82, 2.24) is 4.90 Å². The second kappa shape index (κ2) is 2.86. The third kappa shape index (κ3) is 1.94. The molecule has 1 rings (SSSR count). The first-order valence-electron chi connectivity index (χ1n) is 3.64. The zero-order valence-electron chi connectivity index (χ0n) is 6.76. The van der Waals surface area contributed by atoms with E-state index in [4.69, 9.17) is 10.5 Å². The van der Waals surface area contributed by atoms with E-state index >= 15 is 0 Å². The van der Waals surface area contributed by atoms with E-state index < -0.39 is 0 Å². The third-order valence-corrected chi connectivity index (χ3v) is 1.78. The first kappa shape index (κ1) is 7.98. The molecule has 60 valence electrons. The van der Waals surface area contributed by atoms with E-state index in [0.29, 0.717) is 0 Å². The summed E-state index contributed by atoms with van der Waals surface area (Å²) in [5.74, 6) is 0. The molecule has 0 atom stereocenters. The highest BCUT2D eigenvalue weighted by Gasteiger charge is 2.33. The van der Waals surface area contributed by atoms with Crippen LogP contribution in [-0.2, 0) is 4.74 Å². The lowest BCUT2D eigenvalue weighted by atomic mass is 9.94. The lowest BCUT2D eigenvalue weighted by molar-refractivity contribution is 0.0536. The van der Waals surface area contributed by atoms with Crippen LogP contribution in [0.3, 0.4) is 0 Å². The summed E-state index contributed by atoms with van der Waals surface area (Å²) in [6.07, 6.45) is 0. The van der Waals surface area contributed by atoms with E-state index in [1.807, 2.05) is 0 Å². The van der Waals surface area contributed by atoms with Gasteiger partial charge < -0.3 is 10.5 Å². The maximum absolute atomic E-state index is 5.80. The Balaban J connectivity index is 2.03. The van der Waals surface area contributed by atoms with Gasteiger partial charge in [0.1, 0.15) is 0 Å². The molecule has 3 nitrogen and oxygen atoms in total. The molecule has 0 spiro atoms. The van der Waals surface area contributed by atoms with Crippen molar-refractivity contribution in [3.05, 3.63) is 0 Å². The summed E-state index contributed by atoms with van der Waals surface area (Å²) in [4.78, 5) is 2.30. The van der Waals surface area contributed by atoms with E-state index in [9.17, 15) is 0 Å². The van der Waals surface area contributed by atoms with Crippen LogP contribution in [0, 0.1) is 0 Å². The molecule has 0 saturated carbocycles. The van der Waals surface area contributed by atoms with Crippen molar-refractivity contribution in [3.63, 3.8) is 0 Å². The molecule has 1 saturated heterocycles. The van der Waals surface area contributed by atoms with Crippen LogP contribution in [0.2, 0.25) is 0 Å². The summed E-state index contributed by atoms with van der Waals surface area (Å²) < 4.78 is 4.93. The largest absolute Gasteiger partial charge is 0.383 e. The minimum Gasteiger partial charge on any atom is -0.383 e. The second-order valence-corrected chi connectivity index (χ2v) is 3.36. The number of methoxy groups -OCH3 is 1. The molecule has 1 aliphatic heterocycles. The van der Waals surface area contributed by atoms with Gasteiger partial charge in [-0.25, -0.2) is 0 Å². The average Bonchev–Trinajstić information content (AvgIpc) is 1.78. The van der Waals surface area contributed by atoms with Gasteiger partial charge in [0.25, 0.3) is 0 Å². The van der Waals surface area contributed by atoms with Gasteiger partial charge in [0.15, 0.2) is 0 Å². The summed E-state index contributed by atoms with van der Waals surface area (Å²) >= 11 is 0. The molecule has 0 aromatic heterocycles. The van der Waals surface area contributed by atoms with Gasteiger partial charge in [0.05, 0.1) is 6.61 Å². The van der Waals surface area contributed by atoms with E-state index in [-0.39, 0.29) is 5.54 Å². The molecule has 0 amide bonds. The lowest BCUT2D eigenvalue weighted by Crippen LogP contribution is -2.65. The van der Waals surface area contributed by atoms with Gasteiger partial charge in [0.2, 0.25) is 0 Å². The molecule has 2 N–H and O–H groups in total. The minimum atomic E-state index is 0.0632. The highest BCUT2D eigenvalue weighted by Crippen LogP contribution is 2.15. The monoisotopic (exact) mass is 144 g/mol. The van der Waals surface area contributed by atoms with Gasteiger partial charge in [-0.1, -0.05) is 0 Å². The number of ether oxygens (including phenoxy) is 1. The molecular weight excluding hydrogens is 128 g/mol. The van der Waals surface area contributed by atoms with Crippen molar-refractivity contribution < 1.29 is 4.74 Å². The Morgan fingerprint density at radius 2 is 2.20 bits per heavy atom. The highest BCUT2D eigenvalue weighted by atomic mass is 16.5. The Labute approximate surface area is 62.1 Å². The fraction of sp³-hybridized carbons (Fsp3) is 1.00. The Kier molecular flexibility index (Phi) is 2.28. The Morgan fingerprint density at radius 3 is 2.60 bits per heavy atom. The van der Waals surface area contributed by atoms with Crippen molar-refractivity contribution in [3.8, 4) is 0 Å². The summed E-state index contributed by atoms with van der Waals surface area (Å²) in [5.41, 5.74) is 5.86. The molecule has 3 heteroatoms. The Bertz CT molecular complexity index is 106. The molecule has 10 heavy (non-hydrogen) atoms. The van der Waals surface area contributed by atoms with Gasteiger partial charge >= 0.3 is 0 Å². The minimum absolute atomic E-state index is 0.0632. The molecule has 0 aliphatic carbocycles. The highest BCUT2D eigenvalue weighted by molar-refractivity contribution is 4.95. The first-order valence-corrected chi connectivity index (χ1v) is 3.64. The van der Waals surface area contributed by atoms with Crippen LogP contribution >= 0.6 is 0 Å². The lowest BCUT2D eigenvalue weighted by Gasteiger charge is -2.45. The van der Waals surface area contributed by atoms with Crippen molar-refractivity contribution in [1.29, 1.82) is 0 Å². The SMILES string of the molecule is COCCN1CC(C)(N)C1. The van der Waals surface area contributed by atoms with Crippen LogP contribution in [0.4, 0.5) is 0 Å². The number of hydrogen-bond acceptors (Lipinski definition) is 3. The normalized spacial score (nSPS) is 24.3. The van der Waals surface area contributed by atoms with E-state index in [0.717, 1.165) is 26.2 Å². The number of likely N-dealkylation sites (tertiary alicyclic amines) is 1. The molecule has 0 aromatic rings. The van der Waals surface area contributed by atoms with Gasteiger partial charge in [0, 0.05) is 32.3 Å². The van der Waals surface area contributed by atoms with Crippen molar-refractivity contribution >= 4 is 0 Å². The van der Waals surface area contributed by atoms with Crippen LogP contribution in [0.25, 0.3) is 0 Å². The van der Waals surface area contributed by atoms with Crippen LogP contribution in [-0.4, -0.2) is 43.8 Å². The summed E-state index contributed by atoms with van der Waals surface area (Å²) in [5, 5.41) is 0. The fourth-order valence-corrected chi connectivity index (χ4v) is 1.35. The second-order valence-electron chi connectivity index (χ2n) is 3.36. The van der Waals surface area contributed by atoms with Gasteiger partial charge in [-0.05, 0) is 6.92 Å². The van der Waals surface area contributed by atoms with Crippen LogP contribution in [0.1, 0.15) is 6.92 Å². The first-order chi connectivity index (χ1) is 4.64. The van der Waals surface area contributed by atoms with Crippen LogP contribution in [0.15, 0.2) is 0 Å². The summed E-state index contributed by atoms with van der Waals surface area (Å²) in [6, 6.07) is 0. The summed E-state index contributed by atoms with van der Waals surface area (Å²) in [6.45, 7) is 5.93. The zero-order valence-corrected chi connectivity index (χ0v) is 6.76. The van der Waals surface area contributed by atoms with Crippen molar-refractivity contribution in [2.24, 2.45) is 5.73 Å². The van der Waals surface area contributed by atoms with Crippen molar-refractivity contribution in [2.75, 3.05) is 33.4 Å². The number of hydrogen-bond donors (Lipinski definition) is 1. The molecule has 0 radical (unpaired) electrons. The summed E-state index contributed by atoms with van der Waals surface area (Å²) in [7, 11) is 1.72. The fourth-order valence-electron chi connectivity index (χ4n) is 1.35. The van der Waals surface area contributed by atoms with Crippen LogP contribution < -0.4 is 5.73 Å². The molecular formula is C7H16N2O. The molecule has 1 aliphatic rings.